The van der Waals surface area contributed by atoms with E-state index in [1.807, 2.05) is 29.2 Å². The Balaban J connectivity index is 1.60. The molecular formula is C21H24N4O2. The minimum absolute atomic E-state index is 0.0157. The molecule has 6 heteroatoms. The Bertz CT molecular complexity index is 1000. The first-order valence-electron chi connectivity index (χ1n) is 9.44. The molecule has 0 saturated carbocycles. The average Bonchev–Trinajstić information content (AvgIpc) is 3.03. The van der Waals surface area contributed by atoms with Crippen molar-refractivity contribution in [3.63, 3.8) is 0 Å². The van der Waals surface area contributed by atoms with Crippen LogP contribution in [-0.2, 0) is 17.8 Å². The van der Waals surface area contributed by atoms with Crippen LogP contribution in [0.15, 0.2) is 53.3 Å². The molecule has 3 aromatic rings. The molecular weight excluding hydrogens is 340 g/mol. The highest BCUT2D eigenvalue weighted by atomic mass is 16.2. The summed E-state index contributed by atoms with van der Waals surface area (Å²) in [6.07, 6.45) is 0.995. The van der Waals surface area contributed by atoms with Gasteiger partial charge in [-0.1, -0.05) is 43.3 Å². The number of nitrogens with zero attached hydrogens (tertiary/aromatic N) is 2. The maximum Gasteiger partial charge on any atom is 0.326 e. The van der Waals surface area contributed by atoms with Crippen LogP contribution in [-0.4, -0.2) is 40.0 Å². The number of amides is 1. The van der Waals surface area contributed by atoms with Crippen LogP contribution in [0.4, 0.5) is 0 Å². The van der Waals surface area contributed by atoms with E-state index in [4.69, 9.17) is 0 Å². The maximum absolute atomic E-state index is 13.1. The number of H-pyrrole nitrogens is 1. The van der Waals surface area contributed by atoms with Crippen molar-refractivity contribution in [2.45, 2.75) is 25.9 Å². The Hall–Kier alpha value is -2.86. The Morgan fingerprint density at radius 1 is 1.15 bits per heavy atom. The van der Waals surface area contributed by atoms with Crippen LogP contribution in [0.1, 0.15) is 24.1 Å². The molecule has 1 amide bonds. The predicted molar refractivity (Wildman–Crippen MR) is 106 cm³/mol. The lowest BCUT2D eigenvalue weighted by atomic mass is 10.0. The number of benzene rings is 2. The molecule has 1 aromatic heterocycles. The molecule has 6 nitrogen and oxygen atoms in total. The standard InChI is InChI=1S/C21H24N4O2/c1-2-15-7-9-16(10-8-15)19-13-22-11-12-24(19)20(26)14-25-18-6-4-3-5-17(18)23-21(25)27/h3-10,19,22H,2,11-14H2,1H3,(H,23,27). The highest BCUT2D eigenvalue weighted by Gasteiger charge is 2.28. The molecule has 4 rings (SSSR count). The Labute approximate surface area is 157 Å². The fraction of sp³-hybridized carbons (Fsp3) is 0.333. The van der Waals surface area contributed by atoms with E-state index in [1.54, 1.807) is 0 Å². The lowest BCUT2D eigenvalue weighted by molar-refractivity contribution is -0.135. The second-order valence-corrected chi connectivity index (χ2v) is 6.94. The Kier molecular flexibility index (Phi) is 4.81. The van der Waals surface area contributed by atoms with Crippen LogP contribution < -0.4 is 11.0 Å². The number of imidazole rings is 1. The number of carbonyl (C=O) groups excluding carboxylic acids is 1. The van der Waals surface area contributed by atoms with E-state index in [0.29, 0.717) is 6.54 Å². The highest BCUT2D eigenvalue weighted by Crippen LogP contribution is 2.23. The molecule has 2 heterocycles. The molecule has 1 atom stereocenters. The van der Waals surface area contributed by atoms with Gasteiger partial charge in [-0.15, -0.1) is 0 Å². The van der Waals surface area contributed by atoms with E-state index >= 15 is 0 Å². The van der Waals surface area contributed by atoms with Gasteiger partial charge in [-0.2, -0.15) is 0 Å². The second-order valence-electron chi connectivity index (χ2n) is 6.94. The van der Waals surface area contributed by atoms with Gasteiger partial charge in [-0.05, 0) is 29.7 Å². The molecule has 0 aliphatic carbocycles. The summed E-state index contributed by atoms with van der Waals surface area (Å²) in [5.41, 5.74) is 3.67. The van der Waals surface area contributed by atoms with Gasteiger partial charge in [-0.3, -0.25) is 9.36 Å². The van der Waals surface area contributed by atoms with E-state index in [2.05, 4.69) is 41.5 Å². The van der Waals surface area contributed by atoms with E-state index in [0.717, 1.165) is 36.1 Å². The van der Waals surface area contributed by atoms with Crippen molar-refractivity contribution in [1.82, 2.24) is 19.8 Å². The number of carbonyl (C=O) groups is 1. The molecule has 1 fully saturated rings. The lowest BCUT2D eigenvalue weighted by Gasteiger charge is -2.36. The summed E-state index contributed by atoms with van der Waals surface area (Å²) in [4.78, 5) is 30.1. The van der Waals surface area contributed by atoms with Crippen LogP contribution in [0, 0.1) is 0 Å². The molecule has 140 valence electrons. The molecule has 1 saturated heterocycles. The number of rotatable bonds is 4. The summed E-state index contributed by atoms with van der Waals surface area (Å²) < 4.78 is 1.52. The van der Waals surface area contributed by atoms with Gasteiger partial charge in [0.15, 0.2) is 0 Å². The molecule has 1 aliphatic heterocycles. The molecule has 1 unspecified atom stereocenters. The largest absolute Gasteiger partial charge is 0.332 e. The summed E-state index contributed by atoms with van der Waals surface area (Å²) >= 11 is 0. The first kappa shape index (κ1) is 17.5. The summed E-state index contributed by atoms with van der Waals surface area (Å²) in [5.74, 6) is -0.0343. The van der Waals surface area contributed by atoms with Crippen LogP contribution in [0.5, 0.6) is 0 Å². The van der Waals surface area contributed by atoms with Crippen LogP contribution in [0.3, 0.4) is 0 Å². The van der Waals surface area contributed by atoms with E-state index in [-0.39, 0.29) is 24.2 Å². The third-order valence-corrected chi connectivity index (χ3v) is 5.31. The van der Waals surface area contributed by atoms with Crippen molar-refractivity contribution < 1.29 is 4.79 Å². The highest BCUT2D eigenvalue weighted by molar-refractivity contribution is 5.81. The van der Waals surface area contributed by atoms with Gasteiger partial charge in [0.2, 0.25) is 5.91 Å². The smallest absolute Gasteiger partial charge is 0.326 e. The van der Waals surface area contributed by atoms with E-state index in [1.165, 1.54) is 10.1 Å². The molecule has 2 aromatic carbocycles. The zero-order valence-corrected chi connectivity index (χ0v) is 15.4. The molecule has 1 aliphatic rings. The number of nitrogens with one attached hydrogen (secondary N) is 2. The third kappa shape index (κ3) is 3.40. The molecule has 0 spiro atoms. The van der Waals surface area contributed by atoms with Crippen molar-refractivity contribution in [2.24, 2.45) is 0 Å². The normalized spacial score (nSPS) is 17.4. The number of fused-ring (bicyclic) bond motifs is 1. The van der Waals surface area contributed by atoms with Crippen molar-refractivity contribution in [3.05, 3.63) is 70.1 Å². The third-order valence-electron chi connectivity index (χ3n) is 5.31. The van der Waals surface area contributed by atoms with E-state index < -0.39 is 0 Å². The number of para-hydroxylation sites is 2. The minimum Gasteiger partial charge on any atom is -0.332 e. The van der Waals surface area contributed by atoms with Crippen molar-refractivity contribution >= 4 is 16.9 Å². The van der Waals surface area contributed by atoms with Gasteiger partial charge in [0.25, 0.3) is 0 Å². The average molecular weight is 364 g/mol. The van der Waals surface area contributed by atoms with Gasteiger partial charge in [-0.25, -0.2) is 4.79 Å². The van der Waals surface area contributed by atoms with Gasteiger partial charge < -0.3 is 15.2 Å². The summed E-state index contributed by atoms with van der Waals surface area (Å²) in [5, 5.41) is 3.38. The van der Waals surface area contributed by atoms with E-state index in [9.17, 15) is 9.59 Å². The number of hydrogen-bond acceptors (Lipinski definition) is 3. The number of aryl methyl sites for hydroxylation is 1. The van der Waals surface area contributed by atoms with Gasteiger partial charge in [0, 0.05) is 19.6 Å². The number of piperazine rings is 1. The molecule has 0 bridgehead atoms. The number of aromatic amines is 1. The Morgan fingerprint density at radius 3 is 2.70 bits per heavy atom. The van der Waals surface area contributed by atoms with Gasteiger partial charge >= 0.3 is 5.69 Å². The van der Waals surface area contributed by atoms with Gasteiger partial charge in [0.1, 0.15) is 6.54 Å². The van der Waals surface area contributed by atoms with Crippen LogP contribution in [0.25, 0.3) is 11.0 Å². The molecule has 27 heavy (non-hydrogen) atoms. The first-order chi connectivity index (χ1) is 13.2. The zero-order valence-electron chi connectivity index (χ0n) is 15.4. The van der Waals surface area contributed by atoms with Crippen LogP contribution >= 0.6 is 0 Å². The SMILES string of the molecule is CCc1ccc(C2CNCCN2C(=O)Cn2c(=O)[nH]c3ccccc32)cc1. The Morgan fingerprint density at radius 2 is 1.93 bits per heavy atom. The molecule has 2 N–H and O–H groups in total. The minimum atomic E-state index is -0.247. The maximum atomic E-state index is 13.1. The molecule has 0 radical (unpaired) electrons. The van der Waals surface area contributed by atoms with Crippen molar-refractivity contribution in [1.29, 1.82) is 0 Å². The first-order valence-corrected chi connectivity index (χ1v) is 9.44. The fourth-order valence-electron chi connectivity index (χ4n) is 3.77. The summed E-state index contributed by atoms with van der Waals surface area (Å²) in [6.45, 7) is 4.30. The quantitative estimate of drug-likeness (QED) is 0.745. The van der Waals surface area contributed by atoms with Crippen LogP contribution in [0.2, 0.25) is 0 Å². The monoisotopic (exact) mass is 364 g/mol. The summed E-state index contributed by atoms with van der Waals surface area (Å²) in [7, 11) is 0. The lowest BCUT2D eigenvalue weighted by Crippen LogP contribution is -2.50. The summed E-state index contributed by atoms with van der Waals surface area (Å²) in [6, 6.07) is 15.9. The van der Waals surface area contributed by atoms with Crippen molar-refractivity contribution in [2.75, 3.05) is 19.6 Å². The number of aromatic nitrogens is 2. The van der Waals surface area contributed by atoms with Crippen molar-refractivity contribution in [3.8, 4) is 0 Å². The second kappa shape index (κ2) is 7.40. The predicted octanol–water partition coefficient (Wildman–Crippen LogP) is 2.07. The number of hydrogen-bond donors (Lipinski definition) is 2. The van der Waals surface area contributed by atoms with Gasteiger partial charge in [0.05, 0.1) is 17.1 Å². The topological polar surface area (TPSA) is 70.1 Å². The fourth-order valence-corrected chi connectivity index (χ4v) is 3.77. The zero-order chi connectivity index (χ0) is 18.8.